The molecule has 3 rings (SSSR count). The fourth-order valence-corrected chi connectivity index (χ4v) is 3.83. The van der Waals surface area contributed by atoms with E-state index >= 15 is 0 Å². The van der Waals surface area contributed by atoms with Crippen LogP contribution in [-0.2, 0) is 32.7 Å². The zero-order valence-corrected chi connectivity index (χ0v) is 19.0. The van der Waals surface area contributed by atoms with E-state index in [9.17, 15) is 0 Å². The average molecular weight is 381 g/mol. The first-order chi connectivity index (χ1) is 9.77. The summed E-state index contributed by atoms with van der Waals surface area (Å²) >= 11 is 0. The molecule has 0 aliphatic heterocycles. The molecule has 1 heteroatoms. The van der Waals surface area contributed by atoms with Crippen LogP contribution in [0.4, 0.5) is 0 Å². The van der Waals surface area contributed by atoms with Gasteiger partial charge in [0.05, 0.1) is 0 Å². The van der Waals surface area contributed by atoms with E-state index in [-0.39, 0.29) is 40.1 Å². The third-order valence-electron chi connectivity index (χ3n) is 6.01. The summed E-state index contributed by atoms with van der Waals surface area (Å²) in [6.07, 6.45) is 0. The molecule has 0 saturated carbocycles. The smallest absolute Gasteiger partial charge is 0.358 e. The molecule has 0 atom stereocenters. The number of rotatable bonds is 0. The van der Waals surface area contributed by atoms with Crippen molar-refractivity contribution in [3.8, 4) is 0 Å². The van der Waals surface area contributed by atoms with Crippen LogP contribution in [-0.4, -0.2) is 0 Å². The van der Waals surface area contributed by atoms with Gasteiger partial charge < -0.3 is 7.43 Å². The summed E-state index contributed by atoms with van der Waals surface area (Å²) in [7, 11) is 0. The van der Waals surface area contributed by atoms with Crippen molar-refractivity contribution in [2.75, 3.05) is 0 Å². The molecule has 0 unspecified atom stereocenters. The molecule has 3 aromatic rings. The maximum absolute atomic E-state index is 2.42. The zero-order chi connectivity index (χ0) is 15.6. The molecule has 0 radical (unpaired) electrons. The molecule has 0 aliphatic rings. The molecule has 3 aromatic carbocycles. The predicted molar refractivity (Wildman–Crippen MR) is 101 cm³/mol. The van der Waals surface area contributed by atoms with Crippen LogP contribution < -0.4 is 0 Å². The van der Waals surface area contributed by atoms with Crippen LogP contribution in [0.2, 0.25) is 0 Å². The van der Waals surface area contributed by atoms with Crippen LogP contribution in [0.1, 0.15) is 44.5 Å². The van der Waals surface area contributed by atoms with Crippen molar-refractivity contribution in [3.05, 3.63) is 58.0 Å². The molecular formula is C22H28Y+. The second-order valence-electron chi connectivity index (χ2n) is 6.72. The average Bonchev–Trinajstić information content (AvgIpc) is 2.87. The molecule has 118 valence electrons. The van der Waals surface area contributed by atoms with Gasteiger partial charge in [-0.05, 0) is 41.5 Å². The monoisotopic (exact) mass is 381 g/mol. The van der Waals surface area contributed by atoms with E-state index in [4.69, 9.17) is 0 Å². The molecule has 0 nitrogen and oxygen atoms in total. The summed E-state index contributed by atoms with van der Waals surface area (Å²) in [5.74, 6) is 0. The quantitative estimate of drug-likeness (QED) is 0.384. The molecular weight excluding hydrogens is 353 g/mol. The maximum atomic E-state index is 2.42. The van der Waals surface area contributed by atoms with Crippen LogP contribution in [0.25, 0.3) is 21.5 Å². The van der Waals surface area contributed by atoms with E-state index in [0.29, 0.717) is 0 Å². The molecule has 23 heavy (non-hydrogen) atoms. The Kier molecular flexibility index (Phi) is 5.99. The van der Waals surface area contributed by atoms with Crippen LogP contribution in [0.5, 0.6) is 0 Å². The van der Waals surface area contributed by atoms with Crippen molar-refractivity contribution in [1.29, 1.82) is 0 Å². The summed E-state index contributed by atoms with van der Waals surface area (Å²) in [4.78, 5) is 0. The standard InChI is InChI=1S/C21H25.CH3.Y/c1-10-12(3)16(7)20-18(14(10)5)9-19-15(6)11(2)13(4)17(8)21(19)20;;/h9H,1-8H3;1H3;/q2*-1;+3. The predicted octanol–water partition coefficient (Wildman–Crippen LogP) is 6.63. The third kappa shape index (κ3) is 2.63. The van der Waals surface area contributed by atoms with Gasteiger partial charge in [-0.3, -0.25) is 0 Å². The van der Waals surface area contributed by atoms with E-state index in [1.165, 1.54) is 66.1 Å². The van der Waals surface area contributed by atoms with Gasteiger partial charge >= 0.3 is 32.7 Å². The van der Waals surface area contributed by atoms with E-state index in [1.54, 1.807) is 0 Å². The summed E-state index contributed by atoms with van der Waals surface area (Å²) < 4.78 is 0. The molecule has 0 saturated heterocycles. The van der Waals surface area contributed by atoms with Gasteiger partial charge in [-0.1, -0.05) is 47.2 Å². The van der Waals surface area contributed by atoms with Crippen molar-refractivity contribution in [3.63, 3.8) is 0 Å². The van der Waals surface area contributed by atoms with Crippen LogP contribution in [0, 0.1) is 62.8 Å². The van der Waals surface area contributed by atoms with Gasteiger partial charge in [0.15, 0.2) is 0 Å². The van der Waals surface area contributed by atoms with E-state index in [0.717, 1.165) is 0 Å². The minimum Gasteiger partial charge on any atom is -0.358 e. The SMILES string of the molecule is Cc1c(C)c(C)c2c([cH-]c3c(C)c(C)c(C)c(C)c32)c1C.[CH3-].[Y+3]. The molecule has 0 amide bonds. The summed E-state index contributed by atoms with van der Waals surface area (Å²) in [6, 6.07) is 2.42. The van der Waals surface area contributed by atoms with Gasteiger partial charge in [0.25, 0.3) is 0 Å². The first-order valence-corrected chi connectivity index (χ1v) is 7.83. The Morgan fingerprint density at radius 1 is 0.435 bits per heavy atom. The normalized spacial score (nSPS) is 10.8. The van der Waals surface area contributed by atoms with Crippen molar-refractivity contribution in [1.82, 2.24) is 0 Å². The van der Waals surface area contributed by atoms with Gasteiger partial charge in [-0.15, -0.1) is 38.7 Å². The number of aryl methyl sites for hydroxylation is 4. The topological polar surface area (TPSA) is 0 Å². The molecule has 0 bridgehead atoms. The van der Waals surface area contributed by atoms with Crippen LogP contribution in [0.3, 0.4) is 0 Å². The Morgan fingerprint density at radius 2 is 0.696 bits per heavy atom. The Morgan fingerprint density at radius 3 is 1.00 bits per heavy atom. The molecule has 0 spiro atoms. The number of benzene rings is 2. The summed E-state index contributed by atoms with van der Waals surface area (Å²) in [5.41, 5.74) is 11.6. The summed E-state index contributed by atoms with van der Waals surface area (Å²) in [5, 5.41) is 5.85. The zero-order valence-electron chi connectivity index (χ0n) is 16.2. The maximum Gasteiger partial charge on any atom is 3.00 e. The molecule has 0 aliphatic carbocycles. The van der Waals surface area contributed by atoms with Crippen molar-refractivity contribution in [2.24, 2.45) is 0 Å². The number of hydrogen-bond donors (Lipinski definition) is 0. The molecule has 0 aromatic heterocycles. The van der Waals surface area contributed by atoms with Crippen molar-refractivity contribution >= 4 is 21.5 Å². The third-order valence-corrected chi connectivity index (χ3v) is 6.01. The fourth-order valence-electron chi connectivity index (χ4n) is 3.83. The molecule has 0 N–H and O–H groups in total. The van der Waals surface area contributed by atoms with Crippen molar-refractivity contribution < 1.29 is 32.7 Å². The number of hydrogen-bond acceptors (Lipinski definition) is 0. The second-order valence-corrected chi connectivity index (χ2v) is 6.72. The first kappa shape index (κ1) is 20.5. The van der Waals surface area contributed by atoms with Gasteiger partial charge in [-0.25, -0.2) is 0 Å². The van der Waals surface area contributed by atoms with Gasteiger partial charge in [-0.2, -0.15) is 0 Å². The van der Waals surface area contributed by atoms with Crippen LogP contribution >= 0.6 is 0 Å². The second kappa shape index (κ2) is 6.73. The Hall–Kier alpha value is -0.586. The minimum atomic E-state index is 0. The van der Waals surface area contributed by atoms with Crippen molar-refractivity contribution in [2.45, 2.75) is 55.4 Å². The number of fused-ring (bicyclic) bond motifs is 3. The Bertz CT molecular complexity index is 833. The minimum absolute atomic E-state index is 0. The van der Waals surface area contributed by atoms with E-state index < -0.39 is 0 Å². The Labute approximate surface area is 166 Å². The van der Waals surface area contributed by atoms with Gasteiger partial charge in [0.2, 0.25) is 0 Å². The molecule has 0 fully saturated rings. The summed E-state index contributed by atoms with van der Waals surface area (Å²) in [6.45, 7) is 18.1. The molecule has 0 heterocycles. The first-order valence-electron chi connectivity index (χ1n) is 7.83. The van der Waals surface area contributed by atoms with Gasteiger partial charge in [0.1, 0.15) is 0 Å². The van der Waals surface area contributed by atoms with Crippen LogP contribution in [0.15, 0.2) is 6.07 Å². The largest absolute Gasteiger partial charge is 3.00 e. The Balaban J connectivity index is 0.00000132. The van der Waals surface area contributed by atoms with Gasteiger partial charge in [0, 0.05) is 0 Å². The van der Waals surface area contributed by atoms with E-state index in [1.807, 2.05) is 0 Å². The van der Waals surface area contributed by atoms with E-state index in [2.05, 4.69) is 61.5 Å². The fraction of sp³-hybridized carbons (Fsp3) is 0.364.